The van der Waals surface area contributed by atoms with E-state index >= 15 is 0 Å². The predicted octanol–water partition coefficient (Wildman–Crippen LogP) is 1.57. The lowest BCUT2D eigenvalue weighted by Gasteiger charge is -2.08. The summed E-state index contributed by atoms with van der Waals surface area (Å²) >= 11 is 0. The van der Waals surface area contributed by atoms with E-state index in [4.69, 9.17) is 0 Å². The fourth-order valence-corrected chi connectivity index (χ4v) is 1.85. The Morgan fingerprint density at radius 3 is 3.00 bits per heavy atom. The smallest absolute Gasteiger partial charge is 0.212 e. The highest BCUT2D eigenvalue weighted by molar-refractivity contribution is 5.68. The van der Waals surface area contributed by atoms with Gasteiger partial charge < -0.3 is 5.32 Å². The number of aromatic nitrogens is 2. The third kappa shape index (κ3) is 1.71. The highest BCUT2D eigenvalue weighted by atomic mass is 16.1. The molecule has 1 N–H and O–H groups in total. The first-order chi connectivity index (χ1) is 6.40. The molecule has 0 unspecified atom stereocenters. The first-order valence-electron chi connectivity index (χ1n) is 4.65. The van der Waals surface area contributed by atoms with E-state index in [1.807, 2.05) is 16.9 Å². The zero-order valence-corrected chi connectivity index (χ0v) is 7.44. The molecular weight excluding hydrogens is 166 g/mol. The number of amides is 1. The molecule has 1 aromatic rings. The molecule has 1 saturated carbocycles. The van der Waals surface area contributed by atoms with Crippen molar-refractivity contribution in [2.24, 2.45) is 0 Å². The van der Waals surface area contributed by atoms with Crippen LogP contribution in [0.1, 0.15) is 31.7 Å². The number of hydrogen-bond donors (Lipinski definition) is 1. The Kier molecular flexibility index (Phi) is 2.29. The fraction of sp³-hybridized carbons (Fsp3) is 0.556. The Morgan fingerprint density at radius 1 is 1.54 bits per heavy atom. The molecule has 0 bridgehead atoms. The Hall–Kier alpha value is -1.32. The van der Waals surface area contributed by atoms with E-state index in [0.717, 1.165) is 0 Å². The average Bonchev–Trinajstić information content (AvgIpc) is 2.70. The lowest BCUT2D eigenvalue weighted by Crippen LogP contribution is -2.05. The van der Waals surface area contributed by atoms with Crippen molar-refractivity contribution in [3.8, 4) is 0 Å². The van der Waals surface area contributed by atoms with E-state index in [-0.39, 0.29) is 0 Å². The largest absolute Gasteiger partial charge is 0.312 e. The maximum atomic E-state index is 10.1. The standard InChI is InChI=1S/C9H13N3O/c13-7-10-9-5-6-12(11-9)8-3-1-2-4-8/h5-8H,1-4H2,(H,10,11,13). The Morgan fingerprint density at radius 2 is 2.31 bits per heavy atom. The van der Waals surface area contributed by atoms with E-state index in [2.05, 4.69) is 10.4 Å². The van der Waals surface area contributed by atoms with Crippen molar-refractivity contribution in [1.29, 1.82) is 0 Å². The van der Waals surface area contributed by atoms with Crippen LogP contribution in [-0.4, -0.2) is 16.2 Å². The number of rotatable bonds is 3. The quantitative estimate of drug-likeness (QED) is 0.716. The Labute approximate surface area is 76.9 Å². The fourth-order valence-electron chi connectivity index (χ4n) is 1.85. The maximum Gasteiger partial charge on any atom is 0.212 e. The van der Waals surface area contributed by atoms with Gasteiger partial charge in [-0.25, -0.2) is 0 Å². The van der Waals surface area contributed by atoms with Gasteiger partial charge in [-0.05, 0) is 12.8 Å². The molecule has 1 amide bonds. The molecule has 1 aromatic heterocycles. The summed E-state index contributed by atoms with van der Waals surface area (Å²) in [5.74, 6) is 0.641. The van der Waals surface area contributed by atoms with Crippen molar-refractivity contribution >= 4 is 12.2 Å². The summed E-state index contributed by atoms with van der Waals surface area (Å²) in [5, 5.41) is 6.80. The normalized spacial score (nSPS) is 17.5. The van der Waals surface area contributed by atoms with Gasteiger partial charge in [0, 0.05) is 12.3 Å². The van der Waals surface area contributed by atoms with E-state index in [0.29, 0.717) is 18.3 Å². The molecule has 0 spiro atoms. The molecule has 0 atom stereocenters. The minimum atomic E-state index is 0.544. The molecule has 4 nitrogen and oxygen atoms in total. The first-order valence-corrected chi connectivity index (χ1v) is 4.65. The Balaban J connectivity index is 2.07. The van der Waals surface area contributed by atoms with Crippen molar-refractivity contribution < 1.29 is 4.79 Å². The first kappa shape index (κ1) is 8.29. The van der Waals surface area contributed by atoms with Crippen LogP contribution in [0.2, 0.25) is 0 Å². The van der Waals surface area contributed by atoms with Gasteiger partial charge in [-0.1, -0.05) is 12.8 Å². The molecule has 4 heteroatoms. The van der Waals surface area contributed by atoms with Crippen molar-refractivity contribution in [3.05, 3.63) is 12.3 Å². The minimum Gasteiger partial charge on any atom is -0.312 e. The average molecular weight is 179 g/mol. The zero-order chi connectivity index (χ0) is 9.10. The number of carbonyl (C=O) groups excluding carboxylic acids is 1. The summed E-state index contributed by atoms with van der Waals surface area (Å²) in [4.78, 5) is 10.1. The second-order valence-corrected chi connectivity index (χ2v) is 3.38. The molecule has 0 saturated heterocycles. The van der Waals surface area contributed by atoms with Gasteiger partial charge in [0.1, 0.15) is 0 Å². The summed E-state index contributed by atoms with van der Waals surface area (Å²) in [6.07, 6.45) is 7.59. The van der Waals surface area contributed by atoms with Crippen LogP contribution in [0.4, 0.5) is 5.82 Å². The van der Waals surface area contributed by atoms with Crippen LogP contribution in [0, 0.1) is 0 Å². The third-order valence-electron chi connectivity index (χ3n) is 2.51. The van der Waals surface area contributed by atoms with E-state index in [1.54, 1.807) is 0 Å². The van der Waals surface area contributed by atoms with E-state index < -0.39 is 0 Å². The maximum absolute atomic E-state index is 10.1. The van der Waals surface area contributed by atoms with E-state index in [9.17, 15) is 4.79 Å². The van der Waals surface area contributed by atoms with Gasteiger partial charge in [0.05, 0.1) is 6.04 Å². The number of anilines is 1. The number of nitrogens with one attached hydrogen (secondary N) is 1. The molecule has 2 rings (SSSR count). The monoisotopic (exact) mass is 179 g/mol. The van der Waals surface area contributed by atoms with Crippen LogP contribution < -0.4 is 5.32 Å². The van der Waals surface area contributed by atoms with Gasteiger partial charge in [-0.3, -0.25) is 9.48 Å². The summed E-state index contributed by atoms with van der Waals surface area (Å²) in [7, 11) is 0. The van der Waals surface area contributed by atoms with Crippen LogP contribution in [0.25, 0.3) is 0 Å². The molecule has 1 fully saturated rings. The summed E-state index contributed by atoms with van der Waals surface area (Å²) < 4.78 is 1.96. The molecule has 0 radical (unpaired) electrons. The third-order valence-corrected chi connectivity index (χ3v) is 2.51. The number of hydrogen-bond acceptors (Lipinski definition) is 2. The Bertz CT molecular complexity index is 289. The molecular formula is C9H13N3O. The lowest BCUT2D eigenvalue weighted by molar-refractivity contribution is -0.105. The molecule has 70 valence electrons. The molecule has 1 aliphatic carbocycles. The molecule has 1 aliphatic rings. The van der Waals surface area contributed by atoms with E-state index in [1.165, 1.54) is 25.7 Å². The minimum absolute atomic E-state index is 0.544. The summed E-state index contributed by atoms with van der Waals surface area (Å²) in [6.45, 7) is 0. The van der Waals surface area contributed by atoms with Crippen molar-refractivity contribution in [2.45, 2.75) is 31.7 Å². The molecule has 0 aliphatic heterocycles. The molecule has 13 heavy (non-hydrogen) atoms. The van der Waals surface area contributed by atoms with Crippen LogP contribution in [0.3, 0.4) is 0 Å². The van der Waals surface area contributed by atoms with Gasteiger partial charge in [0.15, 0.2) is 5.82 Å². The predicted molar refractivity (Wildman–Crippen MR) is 49.4 cm³/mol. The van der Waals surface area contributed by atoms with Gasteiger partial charge in [-0.2, -0.15) is 5.10 Å². The molecule has 0 aromatic carbocycles. The van der Waals surface area contributed by atoms with Gasteiger partial charge in [-0.15, -0.1) is 0 Å². The van der Waals surface area contributed by atoms with Crippen molar-refractivity contribution in [2.75, 3.05) is 5.32 Å². The number of nitrogens with zero attached hydrogens (tertiary/aromatic N) is 2. The lowest BCUT2D eigenvalue weighted by atomic mass is 10.3. The van der Waals surface area contributed by atoms with Crippen LogP contribution in [0.5, 0.6) is 0 Å². The summed E-state index contributed by atoms with van der Waals surface area (Å²) in [5.41, 5.74) is 0. The zero-order valence-electron chi connectivity index (χ0n) is 7.44. The second-order valence-electron chi connectivity index (χ2n) is 3.38. The van der Waals surface area contributed by atoms with Gasteiger partial charge in [0.2, 0.25) is 6.41 Å². The summed E-state index contributed by atoms with van der Waals surface area (Å²) in [6, 6.07) is 2.37. The number of carbonyl (C=O) groups is 1. The SMILES string of the molecule is O=CNc1ccn(C2CCCC2)n1. The highest BCUT2D eigenvalue weighted by Crippen LogP contribution is 2.28. The van der Waals surface area contributed by atoms with Crippen LogP contribution >= 0.6 is 0 Å². The topological polar surface area (TPSA) is 46.9 Å². The van der Waals surface area contributed by atoms with Crippen LogP contribution in [0.15, 0.2) is 12.3 Å². The second kappa shape index (κ2) is 3.60. The highest BCUT2D eigenvalue weighted by Gasteiger charge is 2.17. The van der Waals surface area contributed by atoms with Gasteiger partial charge in [0.25, 0.3) is 0 Å². The molecule has 1 heterocycles. The van der Waals surface area contributed by atoms with Crippen LogP contribution in [-0.2, 0) is 4.79 Å². The van der Waals surface area contributed by atoms with Crippen molar-refractivity contribution in [1.82, 2.24) is 9.78 Å². The van der Waals surface area contributed by atoms with Gasteiger partial charge >= 0.3 is 0 Å². The van der Waals surface area contributed by atoms with Crippen molar-refractivity contribution in [3.63, 3.8) is 0 Å².